The number of amides is 1. The standard InChI is InChI=1S/C18H21N3OS/c1-13(21-10-9-15-5-3-4-6-17(15)21)11-19-18(22)8-7-16-12-23-14(2)20-16/h3-8,12-13H,9-11H2,1-2H3,(H,19,22). The number of aryl methyl sites for hydroxylation is 1. The predicted octanol–water partition coefficient (Wildman–Crippen LogP) is 3.03. The Morgan fingerprint density at radius 3 is 3.09 bits per heavy atom. The molecule has 0 bridgehead atoms. The fourth-order valence-corrected chi connectivity index (χ4v) is 3.44. The second-order valence-electron chi connectivity index (χ2n) is 5.79. The number of hydrogen-bond donors (Lipinski definition) is 1. The highest BCUT2D eigenvalue weighted by molar-refractivity contribution is 7.09. The number of hydrogen-bond acceptors (Lipinski definition) is 4. The third-order valence-corrected chi connectivity index (χ3v) is 4.86. The molecule has 1 unspecified atom stereocenters. The Labute approximate surface area is 140 Å². The average Bonchev–Trinajstić information content (AvgIpc) is 3.16. The van der Waals surface area contributed by atoms with Crippen molar-refractivity contribution in [2.24, 2.45) is 0 Å². The van der Waals surface area contributed by atoms with Gasteiger partial charge in [0.1, 0.15) is 0 Å². The van der Waals surface area contributed by atoms with Crippen molar-refractivity contribution >= 4 is 29.0 Å². The van der Waals surface area contributed by atoms with Crippen molar-refractivity contribution in [2.75, 3.05) is 18.0 Å². The summed E-state index contributed by atoms with van der Waals surface area (Å²) in [6, 6.07) is 8.77. The first kappa shape index (κ1) is 15.7. The van der Waals surface area contributed by atoms with Crippen LogP contribution < -0.4 is 10.2 Å². The third kappa shape index (κ3) is 3.79. The Kier molecular flexibility index (Phi) is 4.76. The Bertz CT molecular complexity index is 723. The van der Waals surface area contributed by atoms with Gasteiger partial charge < -0.3 is 10.2 Å². The van der Waals surface area contributed by atoms with Crippen molar-refractivity contribution < 1.29 is 4.79 Å². The van der Waals surface area contributed by atoms with Crippen LogP contribution in [0.5, 0.6) is 0 Å². The lowest BCUT2D eigenvalue weighted by Crippen LogP contribution is -2.41. The summed E-state index contributed by atoms with van der Waals surface area (Å²) in [6.45, 7) is 5.76. The van der Waals surface area contributed by atoms with Crippen LogP contribution in [-0.4, -0.2) is 30.0 Å². The number of nitrogens with zero attached hydrogens (tertiary/aromatic N) is 2. The Balaban J connectivity index is 1.52. The van der Waals surface area contributed by atoms with E-state index in [0.29, 0.717) is 6.54 Å². The fourth-order valence-electron chi connectivity index (χ4n) is 2.86. The number of fused-ring (bicyclic) bond motifs is 1. The second-order valence-corrected chi connectivity index (χ2v) is 6.85. The first-order valence-electron chi connectivity index (χ1n) is 7.86. The van der Waals surface area contributed by atoms with E-state index in [9.17, 15) is 4.79 Å². The minimum absolute atomic E-state index is 0.0741. The zero-order chi connectivity index (χ0) is 16.2. The molecule has 5 heteroatoms. The normalized spacial score (nSPS) is 15.0. The maximum absolute atomic E-state index is 11.9. The van der Waals surface area contributed by atoms with Gasteiger partial charge in [0.15, 0.2) is 0 Å². The molecule has 120 valence electrons. The van der Waals surface area contributed by atoms with Crippen LogP contribution in [0.2, 0.25) is 0 Å². The van der Waals surface area contributed by atoms with Gasteiger partial charge in [-0.3, -0.25) is 4.79 Å². The monoisotopic (exact) mass is 327 g/mol. The van der Waals surface area contributed by atoms with E-state index < -0.39 is 0 Å². The molecule has 2 aromatic rings. The molecule has 1 aliphatic heterocycles. The van der Waals surface area contributed by atoms with Crippen LogP contribution in [0.15, 0.2) is 35.7 Å². The largest absolute Gasteiger partial charge is 0.366 e. The molecule has 4 nitrogen and oxygen atoms in total. The second kappa shape index (κ2) is 6.96. The zero-order valence-corrected chi connectivity index (χ0v) is 14.3. The SMILES string of the molecule is Cc1nc(C=CC(=O)NCC(C)N2CCc3ccccc32)cs1. The van der Waals surface area contributed by atoms with Crippen LogP contribution in [-0.2, 0) is 11.2 Å². The number of aromatic nitrogens is 1. The van der Waals surface area contributed by atoms with Gasteiger partial charge in [-0.2, -0.15) is 0 Å². The van der Waals surface area contributed by atoms with E-state index in [-0.39, 0.29) is 11.9 Å². The van der Waals surface area contributed by atoms with Gasteiger partial charge in [-0.05, 0) is 38.0 Å². The molecule has 0 radical (unpaired) electrons. The highest BCUT2D eigenvalue weighted by Crippen LogP contribution is 2.28. The number of benzene rings is 1. The number of rotatable bonds is 5. The van der Waals surface area contributed by atoms with Crippen molar-refractivity contribution in [3.05, 3.63) is 52.0 Å². The van der Waals surface area contributed by atoms with Crippen LogP contribution in [0, 0.1) is 6.92 Å². The van der Waals surface area contributed by atoms with Crippen LogP contribution in [0.25, 0.3) is 6.08 Å². The van der Waals surface area contributed by atoms with Crippen molar-refractivity contribution in [1.82, 2.24) is 10.3 Å². The molecule has 0 saturated carbocycles. The van der Waals surface area contributed by atoms with Crippen molar-refractivity contribution in [1.29, 1.82) is 0 Å². The Morgan fingerprint density at radius 1 is 1.48 bits per heavy atom. The lowest BCUT2D eigenvalue weighted by atomic mass is 10.2. The van der Waals surface area contributed by atoms with E-state index in [1.165, 1.54) is 11.3 Å². The summed E-state index contributed by atoms with van der Waals surface area (Å²) >= 11 is 1.58. The smallest absolute Gasteiger partial charge is 0.244 e. The number of anilines is 1. The van der Waals surface area contributed by atoms with Crippen molar-refractivity contribution in [3.63, 3.8) is 0 Å². The first-order valence-corrected chi connectivity index (χ1v) is 8.74. The summed E-state index contributed by atoms with van der Waals surface area (Å²) < 4.78 is 0. The molecule has 2 heterocycles. The summed E-state index contributed by atoms with van der Waals surface area (Å²) in [4.78, 5) is 18.6. The third-order valence-electron chi connectivity index (χ3n) is 4.07. The fraction of sp³-hybridized carbons (Fsp3) is 0.333. The van der Waals surface area contributed by atoms with Crippen LogP contribution >= 0.6 is 11.3 Å². The molecular formula is C18H21N3OS. The topological polar surface area (TPSA) is 45.2 Å². The maximum Gasteiger partial charge on any atom is 0.244 e. The summed E-state index contributed by atoms with van der Waals surface area (Å²) in [5.74, 6) is -0.0741. The summed E-state index contributed by atoms with van der Waals surface area (Å²) in [5.41, 5.74) is 3.52. The first-order chi connectivity index (χ1) is 11.1. The molecular weight excluding hydrogens is 306 g/mol. The van der Waals surface area contributed by atoms with Gasteiger partial charge in [-0.15, -0.1) is 11.3 Å². The van der Waals surface area contributed by atoms with Gasteiger partial charge in [-0.25, -0.2) is 4.98 Å². The molecule has 0 saturated heterocycles. The number of nitrogens with one attached hydrogen (secondary N) is 1. The molecule has 1 aliphatic rings. The summed E-state index contributed by atoms with van der Waals surface area (Å²) in [5, 5.41) is 5.93. The van der Waals surface area contributed by atoms with Gasteiger partial charge in [-0.1, -0.05) is 18.2 Å². The average molecular weight is 327 g/mol. The lowest BCUT2D eigenvalue weighted by molar-refractivity contribution is -0.116. The van der Waals surface area contributed by atoms with Gasteiger partial charge in [0, 0.05) is 36.3 Å². The molecule has 1 aromatic carbocycles. The summed E-state index contributed by atoms with van der Waals surface area (Å²) in [6.07, 6.45) is 4.39. The maximum atomic E-state index is 11.9. The molecule has 23 heavy (non-hydrogen) atoms. The van der Waals surface area contributed by atoms with Crippen molar-refractivity contribution in [3.8, 4) is 0 Å². The Morgan fingerprint density at radius 2 is 2.30 bits per heavy atom. The quantitative estimate of drug-likeness (QED) is 0.859. The predicted molar refractivity (Wildman–Crippen MR) is 95.8 cm³/mol. The van der Waals surface area contributed by atoms with E-state index in [4.69, 9.17) is 0 Å². The molecule has 1 atom stereocenters. The van der Waals surface area contributed by atoms with E-state index in [1.807, 2.05) is 12.3 Å². The van der Waals surface area contributed by atoms with Gasteiger partial charge >= 0.3 is 0 Å². The summed E-state index contributed by atoms with van der Waals surface area (Å²) in [7, 11) is 0. The highest BCUT2D eigenvalue weighted by Gasteiger charge is 2.22. The van der Waals surface area contributed by atoms with Gasteiger partial charge in [0.05, 0.1) is 10.7 Å². The molecule has 0 fully saturated rings. The minimum Gasteiger partial charge on any atom is -0.366 e. The van der Waals surface area contributed by atoms with Gasteiger partial charge in [0.2, 0.25) is 5.91 Å². The van der Waals surface area contributed by atoms with E-state index in [1.54, 1.807) is 23.5 Å². The number of thiazole rings is 1. The minimum atomic E-state index is -0.0741. The van der Waals surface area contributed by atoms with Crippen LogP contribution in [0.3, 0.4) is 0 Å². The number of carbonyl (C=O) groups is 1. The molecule has 1 N–H and O–H groups in total. The van der Waals surface area contributed by atoms with Gasteiger partial charge in [0.25, 0.3) is 0 Å². The highest BCUT2D eigenvalue weighted by atomic mass is 32.1. The molecule has 0 spiro atoms. The van der Waals surface area contributed by atoms with Crippen molar-refractivity contribution in [2.45, 2.75) is 26.3 Å². The molecule has 3 rings (SSSR count). The van der Waals surface area contributed by atoms with E-state index >= 15 is 0 Å². The number of carbonyl (C=O) groups excluding carboxylic acids is 1. The Hall–Kier alpha value is -2.14. The van der Waals surface area contributed by atoms with Crippen LogP contribution in [0.1, 0.15) is 23.2 Å². The molecule has 0 aliphatic carbocycles. The van der Waals surface area contributed by atoms with E-state index in [2.05, 4.69) is 46.4 Å². The van der Waals surface area contributed by atoms with E-state index in [0.717, 1.165) is 23.7 Å². The lowest BCUT2D eigenvalue weighted by Gasteiger charge is -2.27. The molecule has 1 amide bonds. The number of para-hydroxylation sites is 1. The zero-order valence-electron chi connectivity index (χ0n) is 13.5. The molecule has 1 aromatic heterocycles. The van der Waals surface area contributed by atoms with Crippen LogP contribution in [0.4, 0.5) is 5.69 Å².